The number of nitrogens with one attached hydrogen (secondary N) is 2. The highest BCUT2D eigenvalue weighted by atomic mass is 19.4. The van der Waals surface area contributed by atoms with Crippen molar-refractivity contribution >= 4 is 5.91 Å². The van der Waals surface area contributed by atoms with Crippen molar-refractivity contribution in [3.8, 4) is 0 Å². The number of rotatable bonds is 4. The predicted molar refractivity (Wildman–Crippen MR) is 80.4 cm³/mol. The highest BCUT2D eigenvalue weighted by Gasteiger charge is 2.46. The van der Waals surface area contributed by atoms with Gasteiger partial charge in [0, 0.05) is 0 Å². The van der Waals surface area contributed by atoms with Crippen molar-refractivity contribution in [2.24, 2.45) is 5.92 Å². The molecular weight excluding hydrogens is 323 g/mol. The van der Waals surface area contributed by atoms with Gasteiger partial charge in [0.15, 0.2) is 5.69 Å². The average molecular weight is 345 g/mol. The zero-order valence-corrected chi connectivity index (χ0v) is 13.4. The summed E-state index contributed by atoms with van der Waals surface area (Å²) in [5.74, 6) is -1.35. The predicted octanol–water partition coefficient (Wildman–Crippen LogP) is 2.05. The lowest BCUT2D eigenvalue weighted by atomic mass is 9.97. The van der Waals surface area contributed by atoms with E-state index in [0.717, 1.165) is 38.8 Å². The highest BCUT2D eigenvalue weighted by molar-refractivity contribution is 5.92. The molecule has 2 aliphatic rings. The second-order valence-electron chi connectivity index (χ2n) is 6.60. The second-order valence-corrected chi connectivity index (χ2v) is 6.60. The Labute approximate surface area is 138 Å². The first-order valence-electron chi connectivity index (χ1n) is 8.45. The van der Waals surface area contributed by atoms with Crippen LogP contribution in [-0.4, -0.2) is 46.2 Å². The van der Waals surface area contributed by atoms with E-state index in [0.29, 0.717) is 12.8 Å². The maximum absolute atomic E-state index is 13.3. The zero-order valence-electron chi connectivity index (χ0n) is 13.4. The van der Waals surface area contributed by atoms with E-state index in [1.807, 2.05) is 0 Å². The molecule has 1 aliphatic heterocycles. The lowest BCUT2D eigenvalue weighted by Crippen LogP contribution is -2.49. The van der Waals surface area contributed by atoms with Crippen LogP contribution < -0.4 is 10.6 Å². The van der Waals surface area contributed by atoms with Crippen molar-refractivity contribution in [2.75, 3.05) is 13.1 Å². The number of amides is 1. The fraction of sp³-hybridized carbons (Fsp3) is 0.800. The molecule has 3 rings (SSSR count). The first-order valence-corrected chi connectivity index (χ1v) is 8.45. The van der Waals surface area contributed by atoms with Gasteiger partial charge in [-0.15, -0.1) is 5.10 Å². The van der Waals surface area contributed by atoms with Crippen LogP contribution in [0.1, 0.15) is 55.1 Å². The molecule has 1 saturated carbocycles. The quantitative estimate of drug-likeness (QED) is 0.876. The molecule has 24 heavy (non-hydrogen) atoms. The lowest BCUT2D eigenvalue weighted by Gasteiger charge is -2.26. The summed E-state index contributed by atoms with van der Waals surface area (Å²) in [6.07, 6.45) is 1.26. The minimum Gasteiger partial charge on any atom is -0.339 e. The zero-order chi connectivity index (χ0) is 17.2. The van der Waals surface area contributed by atoms with Crippen LogP contribution >= 0.6 is 0 Å². The smallest absolute Gasteiger partial charge is 0.339 e. The number of nitrogens with zero attached hydrogens (tertiary/aromatic N) is 3. The molecule has 1 aromatic heterocycles. The summed E-state index contributed by atoms with van der Waals surface area (Å²) in [5, 5.41) is 13.1. The van der Waals surface area contributed by atoms with Gasteiger partial charge in [-0.3, -0.25) is 4.79 Å². The maximum Gasteiger partial charge on any atom is 0.408 e. The molecule has 2 fully saturated rings. The van der Waals surface area contributed by atoms with Crippen LogP contribution in [0.25, 0.3) is 0 Å². The van der Waals surface area contributed by atoms with Crippen LogP contribution in [0.15, 0.2) is 6.20 Å². The third-order valence-corrected chi connectivity index (χ3v) is 4.94. The van der Waals surface area contributed by atoms with Gasteiger partial charge in [-0.25, -0.2) is 4.68 Å². The maximum atomic E-state index is 13.3. The molecule has 9 heteroatoms. The summed E-state index contributed by atoms with van der Waals surface area (Å²) in [6.45, 7) is 1.70. The summed E-state index contributed by atoms with van der Waals surface area (Å²) in [6, 6.07) is -1.68. The summed E-state index contributed by atoms with van der Waals surface area (Å²) < 4.78 is 41.4. The van der Waals surface area contributed by atoms with Crippen molar-refractivity contribution in [2.45, 2.75) is 56.8 Å². The number of hydrogen-bond acceptors (Lipinski definition) is 4. The Kier molecular flexibility index (Phi) is 5.07. The molecule has 1 aromatic rings. The molecule has 1 atom stereocenters. The van der Waals surface area contributed by atoms with E-state index in [2.05, 4.69) is 20.9 Å². The Morgan fingerprint density at radius 1 is 1.25 bits per heavy atom. The minimum atomic E-state index is -4.45. The lowest BCUT2D eigenvalue weighted by molar-refractivity contribution is -0.164. The molecule has 1 aliphatic carbocycles. The molecule has 2 heterocycles. The van der Waals surface area contributed by atoms with Crippen molar-refractivity contribution in [3.05, 3.63) is 11.9 Å². The van der Waals surface area contributed by atoms with Gasteiger partial charge in [-0.05, 0) is 44.7 Å². The van der Waals surface area contributed by atoms with Crippen LogP contribution in [0.4, 0.5) is 13.2 Å². The summed E-state index contributed by atoms with van der Waals surface area (Å²) in [7, 11) is 0. The highest BCUT2D eigenvalue weighted by Crippen LogP contribution is 2.35. The van der Waals surface area contributed by atoms with Crippen molar-refractivity contribution in [1.82, 2.24) is 25.6 Å². The molecule has 0 bridgehead atoms. The fourth-order valence-corrected chi connectivity index (χ4v) is 3.60. The van der Waals surface area contributed by atoms with Crippen molar-refractivity contribution in [3.63, 3.8) is 0 Å². The Balaban J connectivity index is 1.67. The standard InChI is InChI=1S/C15H22F3N5O/c16-15(17,18)13(10-3-1-2-4-10)20-14(24)12-9-23(22-21-12)11-5-7-19-8-6-11/h9-11,13,19H,1-8H2,(H,20,24). The normalized spacial score (nSPS) is 21.8. The molecule has 1 amide bonds. The molecule has 0 radical (unpaired) electrons. The molecular formula is C15H22F3N5O. The van der Waals surface area contributed by atoms with E-state index in [1.54, 1.807) is 4.68 Å². The van der Waals surface area contributed by atoms with E-state index in [9.17, 15) is 18.0 Å². The Morgan fingerprint density at radius 3 is 2.54 bits per heavy atom. The van der Waals surface area contributed by atoms with E-state index < -0.39 is 24.0 Å². The van der Waals surface area contributed by atoms with Crippen LogP contribution in [0, 0.1) is 5.92 Å². The number of alkyl halides is 3. The van der Waals surface area contributed by atoms with Gasteiger partial charge in [-0.1, -0.05) is 18.1 Å². The van der Waals surface area contributed by atoms with Crippen molar-refractivity contribution in [1.29, 1.82) is 0 Å². The van der Waals surface area contributed by atoms with E-state index in [4.69, 9.17) is 0 Å². The third kappa shape index (κ3) is 3.88. The summed E-state index contributed by atoms with van der Waals surface area (Å²) >= 11 is 0. The molecule has 2 N–H and O–H groups in total. The molecule has 1 unspecified atom stereocenters. The van der Waals surface area contributed by atoms with Crippen LogP contribution in [0.3, 0.4) is 0 Å². The molecule has 1 saturated heterocycles. The van der Waals surface area contributed by atoms with Gasteiger partial charge >= 0.3 is 6.18 Å². The molecule has 6 nitrogen and oxygen atoms in total. The van der Waals surface area contributed by atoms with Crippen LogP contribution in [0.5, 0.6) is 0 Å². The second kappa shape index (κ2) is 7.08. The fourth-order valence-electron chi connectivity index (χ4n) is 3.60. The monoisotopic (exact) mass is 345 g/mol. The molecule has 0 spiro atoms. The van der Waals surface area contributed by atoms with E-state index >= 15 is 0 Å². The summed E-state index contributed by atoms with van der Waals surface area (Å²) in [5.41, 5.74) is -0.0548. The van der Waals surface area contributed by atoms with Gasteiger partial charge in [0.1, 0.15) is 6.04 Å². The molecule has 134 valence electrons. The number of carbonyl (C=O) groups excluding carboxylic acids is 1. The number of aromatic nitrogens is 3. The number of carbonyl (C=O) groups is 1. The van der Waals surface area contributed by atoms with Gasteiger partial charge < -0.3 is 10.6 Å². The third-order valence-electron chi connectivity index (χ3n) is 4.94. The van der Waals surface area contributed by atoms with Gasteiger partial charge in [0.05, 0.1) is 12.2 Å². The van der Waals surface area contributed by atoms with E-state index in [-0.39, 0.29) is 11.7 Å². The number of halogens is 3. The van der Waals surface area contributed by atoms with Gasteiger partial charge in [0.25, 0.3) is 5.91 Å². The largest absolute Gasteiger partial charge is 0.408 e. The minimum absolute atomic E-state index is 0.0548. The Hall–Kier alpha value is -1.64. The van der Waals surface area contributed by atoms with Crippen molar-refractivity contribution < 1.29 is 18.0 Å². The Bertz CT molecular complexity index is 562. The Morgan fingerprint density at radius 2 is 1.92 bits per heavy atom. The number of piperidine rings is 1. The van der Waals surface area contributed by atoms with Crippen LogP contribution in [0.2, 0.25) is 0 Å². The average Bonchev–Trinajstić information content (AvgIpc) is 3.23. The SMILES string of the molecule is O=C(NC(C1CCCC1)C(F)(F)F)c1cn(C2CCNCC2)nn1. The van der Waals surface area contributed by atoms with E-state index in [1.165, 1.54) is 6.20 Å². The first kappa shape index (κ1) is 17.2. The van der Waals surface area contributed by atoms with Gasteiger partial charge in [-0.2, -0.15) is 13.2 Å². The first-order chi connectivity index (χ1) is 11.4. The van der Waals surface area contributed by atoms with Gasteiger partial charge in [0.2, 0.25) is 0 Å². The summed E-state index contributed by atoms with van der Waals surface area (Å²) in [4.78, 5) is 12.2. The number of hydrogen-bond donors (Lipinski definition) is 2. The topological polar surface area (TPSA) is 71.8 Å². The van der Waals surface area contributed by atoms with Crippen LogP contribution in [-0.2, 0) is 0 Å². The molecule has 0 aromatic carbocycles.